The van der Waals surface area contributed by atoms with Crippen molar-refractivity contribution in [1.29, 1.82) is 0 Å². The molecule has 5 nitrogen and oxygen atoms in total. The molecule has 0 saturated heterocycles. The maximum atomic E-state index is 11.9. The Morgan fingerprint density at radius 2 is 2.29 bits per heavy atom. The maximum Gasteiger partial charge on any atom is 0.327 e. The summed E-state index contributed by atoms with van der Waals surface area (Å²) in [6, 6.07) is -0.413. The number of aryl methyl sites for hydroxylation is 1. The van der Waals surface area contributed by atoms with Gasteiger partial charge in [-0.25, -0.2) is 4.79 Å². The minimum atomic E-state index is -0.413. The van der Waals surface area contributed by atoms with E-state index in [0.29, 0.717) is 6.61 Å². The predicted octanol–water partition coefficient (Wildman–Crippen LogP) is 1.33. The zero-order chi connectivity index (χ0) is 12.8. The molecule has 0 radical (unpaired) electrons. The average molecular weight is 239 g/mol. The summed E-state index contributed by atoms with van der Waals surface area (Å²) in [5, 5.41) is 7.35. The molecule has 0 aliphatic carbocycles. The lowest BCUT2D eigenvalue weighted by Crippen LogP contribution is -2.31. The van der Waals surface area contributed by atoms with Crippen LogP contribution in [-0.2, 0) is 16.6 Å². The van der Waals surface area contributed by atoms with E-state index in [9.17, 15) is 4.79 Å². The molecule has 0 spiro atoms. The van der Waals surface area contributed by atoms with Crippen molar-refractivity contribution in [2.45, 2.75) is 33.2 Å². The molecule has 0 saturated carbocycles. The molecular formula is C12H21N3O2. The van der Waals surface area contributed by atoms with Gasteiger partial charge in [-0.05, 0) is 26.8 Å². The number of carbonyl (C=O) groups excluding carboxylic acids is 1. The molecule has 1 N–H and O–H groups in total. The second-order valence-electron chi connectivity index (χ2n) is 3.95. The van der Waals surface area contributed by atoms with Crippen LogP contribution in [0, 0.1) is 6.92 Å². The Morgan fingerprint density at radius 1 is 1.59 bits per heavy atom. The molecule has 0 fully saturated rings. The molecule has 0 aliphatic heterocycles. The van der Waals surface area contributed by atoms with Crippen LogP contribution >= 0.6 is 0 Å². The highest BCUT2D eigenvalue weighted by atomic mass is 16.5. The van der Waals surface area contributed by atoms with E-state index < -0.39 is 6.04 Å². The Bertz CT molecular complexity index is 374. The first-order valence-corrected chi connectivity index (χ1v) is 6.00. The number of rotatable bonds is 6. The van der Waals surface area contributed by atoms with Gasteiger partial charge in [-0.2, -0.15) is 5.10 Å². The van der Waals surface area contributed by atoms with Crippen molar-refractivity contribution in [3.8, 4) is 0 Å². The predicted molar refractivity (Wildman–Crippen MR) is 65.6 cm³/mol. The van der Waals surface area contributed by atoms with Gasteiger partial charge in [0, 0.05) is 18.3 Å². The lowest BCUT2D eigenvalue weighted by Gasteiger charge is -2.16. The number of esters is 1. The van der Waals surface area contributed by atoms with Gasteiger partial charge in [0.15, 0.2) is 0 Å². The molecule has 1 rings (SSSR count). The normalized spacial score (nSPS) is 12.5. The fourth-order valence-electron chi connectivity index (χ4n) is 1.63. The Kier molecular flexibility index (Phi) is 5.15. The van der Waals surface area contributed by atoms with E-state index in [-0.39, 0.29) is 5.97 Å². The van der Waals surface area contributed by atoms with Gasteiger partial charge >= 0.3 is 5.97 Å². The molecule has 5 heteroatoms. The van der Waals surface area contributed by atoms with Gasteiger partial charge < -0.3 is 10.1 Å². The van der Waals surface area contributed by atoms with E-state index in [1.165, 1.54) is 0 Å². The summed E-state index contributed by atoms with van der Waals surface area (Å²) >= 11 is 0. The Hall–Kier alpha value is -1.36. The highest BCUT2D eigenvalue weighted by Gasteiger charge is 2.24. The van der Waals surface area contributed by atoms with Crippen LogP contribution < -0.4 is 5.32 Å². The zero-order valence-corrected chi connectivity index (χ0v) is 11.0. The van der Waals surface area contributed by atoms with Gasteiger partial charge in [-0.1, -0.05) is 6.92 Å². The summed E-state index contributed by atoms with van der Waals surface area (Å²) in [5.74, 6) is -0.239. The molecule has 1 aromatic rings. The Morgan fingerprint density at radius 3 is 2.76 bits per heavy atom. The topological polar surface area (TPSA) is 56.1 Å². The SMILES string of the molecule is CCCNC(C(=O)OCC)c1cnn(C)c1C. The van der Waals surface area contributed by atoms with Crippen LogP contribution in [0.25, 0.3) is 0 Å². The second-order valence-corrected chi connectivity index (χ2v) is 3.95. The minimum Gasteiger partial charge on any atom is -0.465 e. The van der Waals surface area contributed by atoms with Crippen molar-refractivity contribution in [3.05, 3.63) is 17.5 Å². The molecule has 1 unspecified atom stereocenters. The molecule has 96 valence electrons. The Balaban J connectivity index is 2.89. The number of nitrogens with zero attached hydrogens (tertiary/aromatic N) is 2. The summed E-state index contributed by atoms with van der Waals surface area (Å²) in [4.78, 5) is 11.9. The van der Waals surface area contributed by atoms with Crippen LogP contribution in [0.5, 0.6) is 0 Å². The van der Waals surface area contributed by atoms with Crippen molar-refractivity contribution in [1.82, 2.24) is 15.1 Å². The quantitative estimate of drug-likeness (QED) is 0.761. The third-order valence-electron chi connectivity index (χ3n) is 2.70. The summed E-state index contributed by atoms with van der Waals surface area (Å²) in [5.41, 5.74) is 1.87. The van der Waals surface area contributed by atoms with E-state index in [1.807, 2.05) is 20.9 Å². The first-order chi connectivity index (χ1) is 8.11. The van der Waals surface area contributed by atoms with Crippen molar-refractivity contribution in [2.24, 2.45) is 7.05 Å². The lowest BCUT2D eigenvalue weighted by atomic mass is 10.1. The monoisotopic (exact) mass is 239 g/mol. The number of aromatic nitrogens is 2. The number of hydrogen-bond acceptors (Lipinski definition) is 4. The van der Waals surface area contributed by atoms with Gasteiger partial charge in [0.25, 0.3) is 0 Å². The molecule has 1 aromatic heterocycles. The largest absolute Gasteiger partial charge is 0.465 e. The van der Waals surface area contributed by atoms with E-state index in [1.54, 1.807) is 10.9 Å². The number of hydrogen-bond donors (Lipinski definition) is 1. The molecule has 1 atom stereocenters. The molecule has 17 heavy (non-hydrogen) atoms. The van der Waals surface area contributed by atoms with Crippen LogP contribution in [0.4, 0.5) is 0 Å². The van der Waals surface area contributed by atoms with Gasteiger partial charge in [0.2, 0.25) is 0 Å². The third kappa shape index (κ3) is 3.30. The van der Waals surface area contributed by atoms with Crippen molar-refractivity contribution in [2.75, 3.05) is 13.2 Å². The molecule has 0 bridgehead atoms. The average Bonchev–Trinajstić information content (AvgIpc) is 2.62. The molecule has 0 amide bonds. The standard InChI is InChI=1S/C12H21N3O2/c1-5-7-13-11(12(16)17-6-2)10-8-14-15(4)9(10)3/h8,11,13H,5-7H2,1-4H3. The van der Waals surface area contributed by atoms with Crippen LogP contribution in [0.1, 0.15) is 37.6 Å². The highest BCUT2D eigenvalue weighted by molar-refractivity contribution is 5.77. The Labute approximate surface area is 102 Å². The summed E-state index contributed by atoms with van der Waals surface area (Å²) < 4.78 is 6.84. The fourth-order valence-corrected chi connectivity index (χ4v) is 1.63. The first kappa shape index (κ1) is 13.7. The first-order valence-electron chi connectivity index (χ1n) is 6.00. The summed E-state index contributed by atoms with van der Waals surface area (Å²) in [7, 11) is 1.86. The number of carbonyl (C=O) groups is 1. The maximum absolute atomic E-state index is 11.9. The third-order valence-corrected chi connectivity index (χ3v) is 2.70. The van der Waals surface area contributed by atoms with Crippen molar-refractivity contribution >= 4 is 5.97 Å². The second kappa shape index (κ2) is 6.39. The van der Waals surface area contributed by atoms with Crippen molar-refractivity contribution < 1.29 is 9.53 Å². The van der Waals surface area contributed by atoms with Gasteiger partial charge in [-0.3, -0.25) is 4.68 Å². The van der Waals surface area contributed by atoms with E-state index in [0.717, 1.165) is 24.2 Å². The summed E-state index contributed by atoms with van der Waals surface area (Å²) in [6.07, 6.45) is 2.69. The van der Waals surface area contributed by atoms with Crippen LogP contribution in [-0.4, -0.2) is 28.9 Å². The number of ether oxygens (including phenoxy) is 1. The smallest absolute Gasteiger partial charge is 0.327 e. The van der Waals surface area contributed by atoms with Gasteiger partial charge in [-0.15, -0.1) is 0 Å². The van der Waals surface area contributed by atoms with Crippen LogP contribution in [0.3, 0.4) is 0 Å². The summed E-state index contributed by atoms with van der Waals surface area (Å²) in [6.45, 7) is 6.98. The molecule has 1 heterocycles. The fraction of sp³-hybridized carbons (Fsp3) is 0.667. The highest BCUT2D eigenvalue weighted by Crippen LogP contribution is 2.18. The van der Waals surface area contributed by atoms with Gasteiger partial charge in [0.05, 0.1) is 12.8 Å². The number of nitrogens with one attached hydrogen (secondary N) is 1. The van der Waals surface area contributed by atoms with E-state index in [2.05, 4.69) is 17.3 Å². The van der Waals surface area contributed by atoms with Gasteiger partial charge in [0.1, 0.15) is 6.04 Å². The van der Waals surface area contributed by atoms with Crippen LogP contribution in [0.2, 0.25) is 0 Å². The molecule has 0 aromatic carbocycles. The van der Waals surface area contributed by atoms with E-state index >= 15 is 0 Å². The zero-order valence-electron chi connectivity index (χ0n) is 11.0. The molecule has 0 aliphatic rings. The van der Waals surface area contributed by atoms with Crippen LogP contribution in [0.15, 0.2) is 6.20 Å². The lowest BCUT2D eigenvalue weighted by molar-refractivity contribution is -0.145. The van der Waals surface area contributed by atoms with Crippen molar-refractivity contribution in [3.63, 3.8) is 0 Å². The minimum absolute atomic E-state index is 0.239. The van der Waals surface area contributed by atoms with E-state index in [4.69, 9.17) is 4.74 Å². The molecular weight excluding hydrogens is 218 g/mol.